The minimum Gasteiger partial charge on any atom is -0.292 e. The monoisotopic (exact) mass is 137 g/mol. The summed E-state index contributed by atoms with van der Waals surface area (Å²) in [6.07, 6.45) is 5.21. The zero-order chi connectivity index (χ0) is 7.61. The standard InChI is InChI=1S/C9H15N/c1-4-8-5-6-10-7-9(8,2)3/h5-6H,4,7H2,1-3H3. The molecule has 0 amide bonds. The second-order valence-electron chi connectivity index (χ2n) is 3.42. The van der Waals surface area contributed by atoms with Crippen molar-refractivity contribution in [3.63, 3.8) is 0 Å². The summed E-state index contributed by atoms with van der Waals surface area (Å²) in [7, 11) is 0. The van der Waals surface area contributed by atoms with Crippen molar-refractivity contribution in [3.8, 4) is 0 Å². The van der Waals surface area contributed by atoms with E-state index in [1.165, 1.54) is 5.57 Å². The molecule has 1 heterocycles. The Bertz CT molecular complexity index is 175. The summed E-state index contributed by atoms with van der Waals surface area (Å²) < 4.78 is 0. The predicted molar refractivity (Wildman–Crippen MR) is 45.5 cm³/mol. The number of allylic oxidation sites excluding steroid dienone is 1. The number of rotatable bonds is 1. The number of nitrogens with zero attached hydrogens (tertiary/aromatic N) is 1. The lowest BCUT2D eigenvalue weighted by Gasteiger charge is -2.27. The van der Waals surface area contributed by atoms with Gasteiger partial charge in [0.05, 0.1) is 0 Å². The summed E-state index contributed by atoms with van der Waals surface area (Å²) in [5.74, 6) is 0. The maximum atomic E-state index is 4.23. The molecule has 0 fully saturated rings. The Balaban J connectivity index is 2.81. The third-order valence-corrected chi connectivity index (χ3v) is 2.12. The zero-order valence-electron chi connectivity index (χ0n) is 7.02. The molecular weight excluding hydrogens is 122 g/mol. The van der Waals surface area contributed by atoms with Crippen molar-refractivity contribution in [2.24, 2.45) is 10.4 Å². The molecule has 10 heavy (non-hydrogen) atoms. The molecule has 1 heteroatoms. The lowest BCUT2D eigenvalue weighted by molar-refractivity contribution is 0.445. The van der Waals surface area contributed by atoms with Crippen LogP contribution in [0.15, 0.2) is 16.6 Å². The van der Waals surface area contributed by atoms with Crippen LogP contribution in [0.4, 0.5) is 0 Å². The van der Waals surface area contributed by atoms with Crippen LogP contribution in [0.1, 0.15) is 27.2 Å². The van der Waals surface area contributed by atoms with Gasteiger partial charge in [0.25, 0.3) is 0 Å². The molecule has 1 nitrogen and oxygen atoms in total. The average molecular weight is 137 g/mol. The molecule has 0 atom stereocenters. The van der Waals surface area contributed by atoms with E-state index in [2.05, 4.69) is 31.8 Å². The maximum Gasteiger partial charge on any atom is 0.0477 e. The first kappa shape index (κ1) is 7.52. The normalized spacial score (nSPS) is 22.5. The van der Waals surface area contributed by atoms with E-state index in [0.717, 1.165) is 13.0 Å². The largest absolute Gasteiger partial charge is 0.292 e. The molecule has 0 aromatic heterocycles. The quantitative estimate of drug-likeness (QED) is 0.526. The molecule has 1 aliphatic heterocycles. The van der Waals surface area contributed by atoms with Gasteiger partial charge in [-0.15, -0.1) is 0 Å². The summed E-state index contributed by atoms with van der Waals surface area (Å²) in [4.78, 5) is 4.23. The Hall–Kier alpha value is -0.590. The molecule has 0 unspecified atom stereocenters. The highest BCUT2D eigenvalue weighted by Crippen LogP contribution is 2.30. The van der Waals surface area contributed by atoms with Gasteiger partial charge < -0.3 is 0 Å². The van der Waals surface area contributed by atoms with Gasteiger partial charge in [-0.3, -0.25) is 4.99 Å². The molecule has 1 aliphatic rings. The van der Waals surface area contributed by atoms with Gasteiger partial charge in [0, 0.05) is 18.2 Å². The lowest BCUT2D eigenvalue weighted by Crippen LogP contribution is -2.21. The fraction of sp³-hybridized carbons (Fsp3) is 0.667. The van der Waals surface area contributed by atoms with Crippen LogP contribution in [0.5, 0.6) is 0 Å². The average Bonchev–Trinajstić information content (AvgIpc) is 1.87. The van der Waals surface area contributed by atoms with Crippen molar-refractivity contribution >= 4 is 6.21 Å². The molecular formula is C9H15N. The van der Waals surface area contributed by atoms with Gasteiger partial charge in [0.15, 0.2) is 0 Å². The number of dihydropyridines is 1. The summed E-state index contributed by atoms with van der Waals surface area (Å²) in [6, 6.07) is 0. The van der Waals surface area contributed by atoms with Crippen molar-refractivity contribution in [1.29, 1.82) is 0 Å². The van der Waals surface area contributed by atoms with Gasteiger partial charge in [-0.2, -0.15) is 0 Å². The summed E-state index contributed by atoms with van der Waals surface area (Å²) in [5, 5.41) is 0. The van der Waals surface area contributed by atoms with Gasteiger partial charge in [0.2, 0.25) is 0 Å². The van der Waals surface area contributed by atoms with Crippen molar-refractivity contribution in [2.75, 3.05) is 6.54 Å². The molecule has 0 radical (unpaired) electrons. The fourth-order valence-corrected chi connectivity index (χ4v) is 1.35. The molecule has 1 rings (SSSR count). The first-order chi connectivity index (χ1) is 4.67. The molecule has 0 N–H and O–H groups in total. The molecule has 0 saturated heterocycles. The summed E-state index contributed by atoms with van der Waals surface area (Å²) >= 11 is 0. The van der Waals surface area contributed by atoms with E-state index in [9.17, 15) is 0 Å². The second-order valence-corrected chi connectivity index (χ2v) is 3.42. The van der Waals surface area contributed by atoms with Crippen LogP contribution in [0.3, 0.4) is 0 Å². The number of aliphatic imine (C=N–C) groups is 1. The smallest absolute Gasteiger partial charge is 0.0477 e. The Morgan fingerprint density at radius 2 is 2.30 bits per heavy atom. The van der Waals surface area contributed by atoms with E-state index in [4.69, 9.17) is 0 Å². The topological polar surface area (TPSA) is 12.4 Å². The van der Waals surface area contributed by atoms with Crippen LogP contribution >= 0.6 is 0 Å². The van der Waals surface area contributed by atoms with Crippen molar-refractivity contribution in [1.82, 2.24) is 0 Å². The Kier molecular flexibility index (Phi) is 1.93. The molecule has 56 valence electrons. The predicted octanol–water partition coefficient (Wildman–Crippen LogP) is 2.43. The van der Waals surface area contributed by atoms with Crippen LogP contribution in [-0.2, 0) is 0 Å². The van der Waals surface area contributed by atoms with Crippen LogP contribution in [-0.4, -0.2) is 12.8 Å². The molecule has 0 spiro atoms. The van der Waals surface area contributed by atoms with Crippen molar-refractivity contribution in [2.45, 2.75) is 27.2 Å². The minimum atomic E-state index is 0.309. The first-order valence-corrected chi connectivity index (χ1v) is 3.86. The highest BCUT2D eigenvalue weighted by Gasteiger charge is 2.22. The third kappa shape index (κ3) is 1.28. The molecule has 0 aliphatic carbocycles. The van der Waals surface area contributed by atoms with Crippen LogP contribution in [0.2, 0.25) is 0 Å². The van der Waals surface area contributed by atoms with Gasteiger partial charge in [-0.25, -0.2) is 0 Å². The highest BCUT2D eigenvalue weighted by molar-refractivity contribution is 5.73. The molecule has 0 aromatic rings. The maximum absolute atomic E-state index is 4.23. The highest BCUT2D eigenvalue weighted by atomic mass is 14.7. The van der Waals surface area contributed by atoms with E-state index in [0.29, 0.717) is 5.41 Å². The second kappa shape index (κ2) is 2.57. The van der Waals surface area contributed by atoms with Crippen LogP contribution < -0.4 is 0 Å². The number of hydrogen-bond donors (Lipinski definition) is 0. The van der Waals surface area contributed by atoms with Gasteiger partial charge in [-0.05, 0) is 12.5 Å². The Morgan fingerprint density at radius 1 is 1.60 bits per heavy atom. The van der Waals surface area contributed by atoms with E-state index in [1.54, 1.807) is 0 Å². The minimum absolute atomic E-state index is 0.309. The van der Waals surface area contributed by atoms with Crippen LogP contribution in [0.25, 0.3) is 0 Å². The molecule has 0 bridgehead atoms. The SMILES string of the molecule is CCC1=CC=NCC1(C)C. The van der Waals surface area contributed by atoms with Gasteiger partial charge >= 0.3 is 0 Å². The fourth-order valence-electron chi connectivity index (χ4n) is 1.35. The molecule has 0 aromatic carbocycles. The lowest BCUT2D eigenvalue weighted by atomic mass is 9.81. The van der Waals surface area contributed by atoms with E-state index in [-0.39, 0.29) is 0 Å². The van der Waals surface area contributed by atoms with E-state index in [1.807, 2.05) is 6.21 Å². The van der Waals surface area contributed by atoms with Gasteiger partial charge in [-0.1, -0.05) is 26.3 Å². The summed E-state index contributed by atoms with van der Waals surface area (Å²) in [5.41, 5.74) is 1.83. The van der Waals surface area contributed by atoms with E-state index >= 15 is 0 Å². The van der Waals surface area contributed by atoms with Crippen molar-refractivity contribution in [3.05, 3.63) is 11.6 Å². The van der Waals surface area contributed by atoms with Gasteiger partial charge in [0.1, 0.15) is 0 Å². The van der Waals surface area contributed by atoms with Crippen molar-refractivity contribution < 1.29 is 0 Å². The third-order valence-electron chi connectivity index (χ3n) is 2.12. The van der Waals surface area contributed by atoms with E-state index < -0.39 is 0 Å². The first-order valence-electron chi connectivity index (χ1n) is 3.86. The Labute approximate surface area is 62.9 Å². The Morgan fingerprint density at radius 3 is 2.70 bits per heavy atom. The zero-order valence-corrected chi connectivity index (χ0v) is 7.02. The van der Waals surface area contributed by atoms with Crippen LogP contribution in [0, 0.1) is 5.41 Å². The summed E-state index contributed by atoms with van der Waals surface area (Å²) in [6.45, 7) is 7.65. The number of hydrogen-bond acceptors (Lipinski definition) is 1. The molecule has 0 saturated carbocycles.